The van der Waals surface area contributed by atoms with Crippen LogP contribution in [0.2, 0.25) is 0 Å². The fourth-order valence-corrected chi connectivity index (χ4v) is 5.23. The predicted octanol–water partition coefficient (Wildman–Crippen LogP) is 3.88. The molecule has 7 heteroatoms. The average Bonchev–Trinajstić information content (AvgIpc) is 3.19. The van der Waals surface area contributed by atoms with Gasteiger partial charge in [0, 0.05) is 18.4 Å². The van der Waals surface area contributed by atoms with Crippen LogP contribution in [0, 0.1) is 24.2 Å². The zero-order chi connectivity index (χ0) is 24.8. The second kappa shape index (κ2) is 11.1. The van der Waals surface area contributed by atoms with Gasteiger partial charge in [-0.15, -0.1) is 6.42 Å². The standard InChI is InChI=1S/C28H30N2O5/c1-2-15-30(17-26(31)32)27(33)20-13-11-19(12-14-20)16-29-28(34)35-18-25-23-9-5-3-7-21(23)22-8-4-6-10-24(22)25/h1,3-10,19-20,25H,11-18H2,(H,29,34)(H,31,32). The molecule has 2 aliphatic rings. The lowest BCUT2D eigenvalue weighted by Crippen LogP contribution is -2.41. The van der Waals surface area contributed by atoms with E-state index in [1.807, 2.05) is 24.3 Å². The fourth-order valence-electron chi connectivity index (χ4n) is 5.23. The van der Waals surface area contributed by atoms with Crippen molar-refractivity contribution >= 4 is 18.0 Å². The van der Waals surface area contributed by atoms with Crippen molar-refractivity contribution in [3.8, 4) is 23.5 Å². The number of amides is 2. The van der Waals surface area contributed by atoms with Crippen LogP contribution in [0.25, 0.3) is 11.1 Å². The van der Waals surface area contributed by atoms with Crippen molar-refractivity contribution in [2.75, 3.05) is 26.2 Å². The largest absolute Gasteiger partial charge is 0.480 e. The number of fused-ring (bicyclic) bond motifs is 3. The number of hydrogen-bond acceptors (Lipinski definition) is 4. The summed E-state index contributed by atoms with van der Waals surface area (Å²) >= 11 is 0. The molecule has 2 aliphatic carbocycles. The third-order valence-electron chi connectivity index (χ3n) is 6.99. The Labute approximate surface area is 205 Å². The fraction of sp³-hybridized carbons (Fsp3) is 0.393. The molecule has 0 radical (unpaired) electrons. The molecule has 0 heterocycles. The van der Waals surface area contributed by atoms with Crippen molar-refractivity contribution < 1.29 is 24.2 Å². The second-order valence-electron chi connectivity index (χ2n) is 9.22. The van der Waals surface area contributed by atoms with Gasteiger partial charge in [0.1, 0.15) is 13.2 Å². The van der Waals surface area contributed by atoms with Gasteiger partial charge >= 0.3 is 12.1 Å². The van der Waals surface area contributed by atoms with Crippen molar-refractivity contribution in [1.29, 1.82) is 0 Å². The number of carboxylic acids is 1. The van der Waals surface area contributed by atoms with Crippen LogP contribution in [0.4, 0.5) is 4.79 Å². The first-order valence-corrected chi connectivity index (χ1v) is 12.0. The van der Waals surface area contributed by atoms with Gasteiger partial charge < -0.3 is 20.1 Å². The summed E-state index contributed by atoms with van der Waals surface area (Å²) in [5.74, 6) is 1.12. The minimum atomic E-state index is -1.07. The number of carbonyl (C=O) groups is 3. The molecular formula is C28H30N2O5. The Kier molecular flexibility index (Phi) is 7.71. The monoisotopic (exact) mass is 474 g/mol. The molecule has 2 aromatic rings. The molecule has 0 aromatic heterocycles. The number of hydrogen-bond donors (Lipinski definition) is 2. The summed E-state index contributed by atoms with van der Waals surface area (Å²) in [6.07, 6.45) is 7.70. The molecule has 0 aliphatic heterocycles. The molecule has 2 amide bonds. The summed E-state index contributed by atoms with van der Waals surface area (Å²) in [5, 5.41) is 11.9. The van der Waals surface area contributed by atoms with Crippen LogP contribution >= 0.6 is 0 Å². The summed E-state index contributed by atoms with van der Waals surface area (Å²) in [5.41, 5.74) is 4.72. The summed E-state index contributed by atoms with van der Waals surface area (Å²) in [6.45, 7) is 0.372. The van der Waals surface area contributed by atoms with E-state index in [9.17, 15) is 14.4 Å². The number of nitrogens with zero attached hydrogens (tertiary/aromatic N) is 1. The molecule has 182 valence electrons. The molecule has 0 bridgehead atoms. The van der Waals surface area contributed by atoms with E-state index in [1.165, 1.54) is 27.2 Å². The highest BCUT2D eigenvalue weighted by Crippen LogP contribution is 2.44. The Bertz CT molecular complexity index is 1080. The zero-order valence-electron chi connectivity index (χ0n) is 19.6. The molecule has 0 unspecified atom stereocenters. The Morgan fingerprint density at radius 1 is 1.00 bits per heavy atom. The van der Waals surface area contributed by atoms with Gasteiger partial charge in [0.05, 0.1) is 6.54 Å². The Balaban J connectivity index is 1.23. The van der Waals surface area contributed by atoms with Crippen LogP contribution in [-0.2, 0) is 14.3 Å². The smallest absolute Gasteiger partial charge is 0.407 e. The van der Waals surface area contributed by atoms with E-state index in [0.717, 1.165) is 12.8 Å². The van der Waals surface area contributed by atoms with Gasteiger partial charge in [0.25, 0.3) is 0 Å². The van der Waals surface area contributed by atoms with Crippen LogP contribution in [0.5, 0.6) is 0 Å². The number of benzene rings is 2. The van der Waals surface area contributed by atoms with Crippen molar-refractivity contribution in [3.05, 3.63) is 59.7 Å². The third-order valence-corrected chi connectivity index (χ3v) is 6.99. The van der Waals surface area contributed by atoms with Gasteiger partial charge in [0.15, 0.2) is 0 Å². The average molecular weight is 475 g/mol. The van der Waals surface area contributed by atoms with Crippen LogP contribution in [0.1, 0.15) is 42.7 Å². The van der Waals surface area contributed by atoms with Crippen LogP contribution in [-0.4, -0.2) is 54.2 Å². The molecule has 2 N–H and O–H groups in total. The zero-order valence-corrected chi connectivity index (χ0v) is 19.6. The second-order valence-corrected chi connectivity index (χ2v) is 9.22. The number of nitrogens with one attached hydrogen (secondary N) is 1. The summed E-state index contributed by atoms with van der Waals surface area (Å²) in [4.78, 5) is 37.3. The lowest BCUT2D eigenvalue weighted by Gasteiger charge is -2.31. The molecule has 2 aromatic carbocycles. The number of rotatable bonds is 8. The number of carboxylic acid groups (broad SMARTS) is 1. The van der Waals surface area contributed by atoms with Crippen LogP contribution in [0.15, 0.2) is 48.5 Å². The molecular weight excluding hydrogens is 444 g/mol. The minimum absolute atomic E-state index is 0.00555. The number of terminal acetylenes is 1. The first kappa shape index (κ1) is 24.3. The van der Waals surface area contributed by atoms with Gasteiger partial charge in [-0.1, -0.05) is 54.5 Å². The molecule has 1 saturated carbocycles. The highest BCUT2D eigenvalue weighted by atomic mass is 16.5. The summed E-state index contributed by atoms with van der Waals surface area (Å²) in [6, 6.07) is 16.4. The van der Waals surface area contributed by atoms with Crippen LogP contribution < -0.4 is 5.32 Å². The van der Waals surface area contributed by atoms with Crippen LogP contribution in [0.3, 0.4) is 0 Å². The van der Waals surface area contributed by atoms with E-state index in [1.54, 1.807) is 0 Å². The lowest BCUT2D eigenvalue weighted by atomic mass is 9.81. The quantitative estimate of drug-likeness (QED) is 0.566. The van der Waals surface area contributed by atoms with E-state index in [2.05, 4.69) is 35.5 Å². The van der Waals surface area contributed by atoms with Crippen molar-refractivity contribution in [1.82, 2.24) is 10.2 Å². The number of carbonyl (C=O) groups excluding carboxylic acids is 2. The first-order chi connectivity index (χ1) is 17.0. The molecule has 1 fully saturated rings. The third kappa shape index (κ3) is 5.65. The van der Waals surface area contributed by atoms with Gasteiger partial charge in [-0.25, -0.2) is 4.79 Å². The summed E-state index contributed by atoms with van der Waals surface area (Å²) in [7, 11) is 0. The topological polar surface area (TPSA) is 95.9 Å². The highest BCUT2D eigenvalue weighted by molar-refractivity contribution is 5.83. The predicted molar refractivity (Wildman–Crippen MR) is 132 cm³/mol. The SMILES string of the molecule is C#CCN(CC(=O)O)C(=O)C1CCC(CNC(=O)OCC2c3ccccc3-c3ccccc32)CC1. The molecule has 0 spiro atoms. The number of alkyl carbamates (subject to hydrolysis) is 1. The van der Waals surface area contributed by atoms with E-state index in [-0.39, 0.29) is 43.4 Å². The lowest BCUT2D eigenvalue weighted by molar-refractivity contribution is -0.146. The maximum atomic E-state index is 12.7. The van der Waals surface area contributed by atoms with Crippen molar-refractivity contribution in [3.63, 3.8) is 0 Å². The Morgan fingerprint density at radius 2 is 1.60 bits per heavy atom. The summed E-state index contributed by atoms with van der Waals surface area (Å²) < 4.78 is 5.60. The van der Waals surface area contributed by atoms with Crippen molar-refractivity contribution in [2.24, 2.45) is 11.8 Å². The highest BCUT2D eigenvalue weighted by Gasteiger charge is 2.31. The Hall–Kier alpha value is -3.79. The molecule has 0 saturated heterocycles. The van der Waals surface area contributed by atoms with Gasteiger partial charge in [-0.2, -0.15) is 0 Å². The Morgan fingerprint density at radius 3 is 2.17 bits per heavy atom. The number of aliphatic carboxylic acids is 1. The molecule has 0 atom stereocenters. The molecule has 35 heavy (non-hydrogen) atoms. The molecule has 7 nitrogen and oxygen atoms in total. The first-order valence-electron chi connectivity index (χ1n) is 12.0. The number of ether oxygens (including phenoxy) is 1. The minimum Gasteiger partial charge on any atom is -0.480 e. The van der Waals surface area contributed by atoms with E-state index >= 15 is 0 Å². The maximum Gasteiger partial charge on any atom is 0.407 e. The van der Waals surface area contributed by atoms with Gasteiger partial charge in [-0.05, 0) is 53.9 Å². The molecule has 4 rings (SSSR count). The van der Waals surface area contributed by atoms with E-state index < -0.39 is 12.1 Å². The van der Waals surface area contributed by atoms with Gasteiger partial charge in [-0.3, -0.25) is 9.59 Å². The van der Waals surface area contributed by atoms with E-state index in [0.29, 0.717) is 19.4 Å². The normalized spacial score (nSPS) is 18.6. The van der Waals surface area contributed by atoms with E-state index in [4.69, 9.17) is 16.3 Å². The van der Waals surface area contributed by atoms with Gasteiger partial charge in [0.2, 0.25) is 5.91 Å². The maximum absolute atomic E-state index is 12.7. The van der Waals surface area contributed by atoms with Crippen molar-refractivity contribution in [2.45, 2.75) is 31.6 Å².